The second kappa shape index (κ2) is 3.86. The van der Waals surface area contributed by atoms with Crippen LogP contribution in [0.2, 0.25) is 0 Å². The highest BCUT2D eigenvalue weighted by atomic mass is 15.1. The molecule has 0 spiro atoms. The predicted molar refractivity (Wildman–Crippen MR) is 65.5 cm³/mol. The van der Waals surface area contributed by atoms with Gasteiger partial charge in [-0.05, 0) is 44.5 Å². The molecule has 0 bridgehead atoms. The number of benzene rings is 1. The summed E-state index contributed by atoms with van der Waals surface area (Å²) in [5, 5.41) is 3.28. The first-order chi connectivity index (χ1) is 7.13. The van der Waals surface area contributed by atoms with Crippen LogP contribution in [0.4, 0.5) is 5.69 Å². The van der Waals surface area contributed by atoms with Crippen LogP contribution in [0.5, 0.6) is 0 Å². The summed E-state index contributed by atoms with van der Waals surface area (Å²) in [7, 11) is 4.19. The molecule has 0 fully saturated rings. The van der Waals surface area contributed by atoms with Crippen LogP contribution < -0.4 is 10.2 Å². The van der Waals surface area contributed by atoms with E-state index in [0.29, 0.717) is 12.1 Å². The van der Waals surface area contributed by atoms with Crippen LogP contribution >= 0.6 is 0 Å². The molecule has 2 heteroatoms. The van der Waals surface area contributed by atoms with Gasteiger partial charge in [0.05, 0.1) is 0 Å². The average Bonchev–Trinajstić information content (AvgIpc) is 2.54. The molecule has 2 rings (SSSR count). The van der Waals surface area contributed by atoms with Gasteiger partial charge in [0.1, 0.15) is 0 Å². The van der Waals surface area contributed by atoms with Crippen molar-refractivity contribution < 1.29 is 0 Å². The maximum absolute atomic E-state index is 3.28. The molecule has 1 heterocycles. The van der Waals surface area contributed by atoms with Crippen molar-refractivity contribution in [2.45, 2.75) is 32.4 Å². The van der Waals surface area contributed by atoms with Crippen LogP contribution in [0.15, 0.2) is 18.2 Å². The summed E-state index contributed by atoms with van der Waals surface area (Å²) in [6.45, 7) is 4.47. The van der Waals surface area contributed by atoms with Crippen molar-refractivity contribution >= 4 is 5.69 Å². The highest BCUT2D eigenvalue weighted by Gasteiger charge is 2.23. The maximum atomic E-state index is 3.28. The molecule has 1 aliphatic rings. The van der Waals surface area contributed by atoms with Crippen LogP contribution in [-0.4, -0.2) is 20.1 Å². The van der Waals surface area contributed by atoms with Crippen LogP contribution in [-0.2, 0) is 6.42 Å². The monoisotopic (exact) mass is 204 g/mol. The van der Waals surface area contributed by atoms with Crippen molar-refractivity contribution in [1.82, 2.24) is 5.32 Å². The highest BCUT2D eigenvalue weighted by Crippen LogP contribution is 2.32. The minimum atomic E-state index is 0.430. The van der Waals surface area contributed by atoms with E-state index in [-0.39, 0.29) is 0 Å². The smallest absolute Gasteiger partial charge is 0.0402 e. The molecule has 0 amide bonds. The molecule has 0 saturated carbocycles. The van der Waals surface area contributed by atoms with Gasteiger partial charge in [0.15, 0.2) is 0 Å². The molecule has 2 atom stereocenters. The van der Waals surface area contributed by atoms with Gasteiger partial charge in [-0.25, -0.2) is 0 Å². The lowest BCUT2D eigenvalue weighted by atomic mass is 10.0. The summed E-state index contributed by atoms with van der Waals surface area (Å²) in [6.07, 6.45) is 1.18. The van der Waals surface area contributed by atoms with E-state index in [4.69, 9.17) is 0 Å². The molecule has 0 aliphatic carbocycles. The molecule has 0 radical (unpaired) electrons. The van der Waals surface area contributed by atoms with E-state index in [2.05, 4.69) is 49.3 Å². The standard InChI is InChI=1S/C13H20N2/c1-9-7-12-6-5-11(10(2)14-3)8-13(12)15(9)4/h5-6,8-10,14H,7H2,1-4H3. The number of likely N-dealkylation sites (N-methyl/N-ethyl adjacent to an activating group) is 1. The summed E-state index contributed by atoms with van der Waals surface area (Å²) >= 11 is 0. The minimum absolute atomic E-state index is 0.430. The largest absolute Gasteiger partial charge is 0.371 e. The van der Waals surface area contributed by atoms with Crippen molar-refractivity contribution in [3.8, 4) is 0 Å². The Kier molecular flexibility index (Phi) is 2.70. The summed E-state index contributed by atoms with van der Waals surface area (Å²) < 4.78 is 0. The van der Waals surface area contributed by atoms with E-state index >= 15 is 0 Å². The maximum Gasteiger partial charge on any atom is 0.0402 e. The zero-order valence-corrected chi connectivity index (χ0v) is 10.0. The van der Waals surface area contributed by atoms with Crippen molar-refractivity contribution in [2.24, 2.45) is 0 Å². The summed E-state index contributed by atoms with van der Waals surface area (Å²) in [5.74, 6) is 0. The fourth-order valence-electron chi connectivity index (χ4n) is 2.21. The second-order valence-corrected chi connectivity index (χ2v) is 4.56. The van der Waals surface area contributed by atoms with Gasteiger partial charge in [0.25, 0.3) is 0 Å². The lowest BCUT2D eigenvalue weighted by Crippen LogP contribution is -2.24. The van der Waals surface area contributed by atoms with Gasteiger partial charge < -0.3 is 10.2 Å². The molecule has 82 valence electrons. The van der Waals surface area contributed by atoms with Crippen molar-refractivity contribution in [1.29, 1.82) is 0 Å². The Morgan fingerprint density at radius 2 is 2.20 bits per heavy atom. The fraction of sp³-hybridized carbons (Fsp3) is 0.538. The van der Waals surface area contributed by atoms with Gasteiger partial charge in [-0.1, -0.05) is 12.1 Å². The van der Waals surface area contributed by atoms with Crippen LogP contribution in [0.25, 0.3) is 0 Å². The van der Waals surface area contributed by atoms with Gasteiger partial charge >= 0.3 is 0 Å². The molecule has 2 nitrogen and oxygen atoms in total. The predicted octanol–water partition coefficient (Wildman–Crippen LogP) is 2.35. The van der Waals surface area contributed by atoms with Gasteiger partial charge in [0, 0.05) is 24.8 Å². The Balaban J connectivity index is 2.35. The molecular formula is C13H20N2. The topological polar surface area (TPSA) is 15.3 Å². The summed E-state index contributed by atoms with van der Waals surface area (Å²) in [4.78, 5) is 2.38. The number of anilines is 1. The van der Waals surface area contributed by atoms with Gasteiger partial charge in [0.2, 0.25) is 0 Å². The van der Waals surface area contributed by atoms with Crippen molar-refractivity contribution in [3.05, 3.63) is 29.3 Å². The van der Waals surface area contributed by atoms with E-state index in [0.717, 1.165) is 0 Å². The number of nitrogens with one attached hydrogen (secondary N) is 1. The molecule has 0 saturated heterocycles. The normalized spacial score (nSPS) is 21.6. The van der Waals surface area contributed by atoms with Crippen LogP contribution in [0.1, 0.15) is 31.0 Å². The zero-order valence-electron chi connectivity index (χ0n) is 10.0. The highest BCUT2D eigenvalue weighted by molar-refractivity contribution is 5.60. The first-order valence-electron chi connectivity index (χ1n) is 5.66. The van der Waals surface area contributed by atoms with Crippen LogP contribution in [0.3, 0.4) is 0 Å². The van der Waals surface area contributed by atoms with Crippen LogP contribution in [0, 0.1) is 0 Å². The molecule has 2 unspecified atom stereocenters. The Labute approximate surface area is 92.3 Å². The number of nitrogens with zero attached hydrogens (tertiary/aromatic N) is 1. The van der Waals surface area contributed by atoms with E-state index in [1.807, 2.05) is 7.05 Å². The average molecular weight is 204 g/mol. The summed E-state index contributed by atoms with van der Waals surface area (Å²) in [6, 6.07) is 7.91. The zero-order chi connectivity index (χ0) is 11.0. The summed E-state index contributed by atoms with van der Waals surface area (Å²) in [5.41, 5.74) is 4.26. The van der Waals surface area contributed by atoms with Gasteiger partial charge in [-0.2, -0.15) is 0 Å². The Morgan fingerprint density at radius 3 is 2.87 bits per heavy atom. The van der Waals surface area contributed by atoms with Crippen molar-refractivity contribution in [2.75, 3.05) is 19.0 Å². The molecule has 1 aromatic carbocycles. The van der Waals surface area contributed by atoms with Gasteiger partial charge in [-0.3, -0.25) is 0 Å². The minimum Gasteiger partial charge on any atom is -0.371 e. The van der Waals surface area contributed by atoms with E-state index in [1.54, 1.807) is 0 Å². The third-order valence-corrected chi connectivity index (χ3v) is 3.60. The molecule has 15 heavy (non-hydrogen) atoms. The first kappa shape index (κ1) is 10.5. The first-order valence-corrected chi connectivity index (χ1v) is 5.66. The molecule has 1 N–H and O–H groups in total. The number of rotatable bonds is 2. The SMILES string of the molecule is CNC(C)c1ccc2c(c1)N(C)C(C)C2. The molecule has 1 aromatic rings. The quantitative estimate of drug-likeness (QED) is 0.795. The number of hydrogen-bond donors (Lipinski definition) is 1. The third-order valence-electron chi connectivity index (χ3n) is 3.60. The van der Waals surface area contributed by atoms with E-state index < -0.39 is 0 Å². The molecule has 1 aliphatic heterocycles. The van der Waals surface area contributed by atoms with Gasteiger partial charge in [-0.15, -0.1) is 0 Å². The second-order valence-electron chi connectivity index (χ2n) is 4.56. The molecular weight excluding hydrogens is 184 g/mol. The van der Waals surface area contributed by atoms with E-state index in [9.17, 15) is 0 Å². The fourth-order valence-corrected chi connectivity index (χ4v) is 2.21. The third kappa shape index (κ3) is 1.74. The Bertz CT molecular complexity index is 360. The Hall–Kier alpha value is -1.02. The number of fused-ring (bicyclic) bond motifs is 1. The Morgan fingerprint density at radius 1 is 1.47 bits per heavy atom. The lowest BCUT2D eigenvalue weighted by Gasteiger charge is -2.20. The lowest BCUT2D eigenvalue weighted by molar-refractivity contribution is 0.652. The van der Waals surface area contributed by atoms with E-state index in [1.165, 1.54) is 23.2 Å². The number of hydrogen-bond acceptors (Lipinski definition) is 2. The molecule has 0 aromatic heterocycles. The van der Waals surface area contributed by atoms with Crippen molar-refractivity contribution in [3.63, 3.8) is 0 Å².